The van der Waals surface area contributed by atoms with Gasteiger partial charge in [-0.05, 0) is 37.0 Å². The second kappa shape index (κ2) is 8.65. The van der Waals surface area contributed by atoms with Crippen molar-refractivity contribution < 1.29 is 4.74 Å². The smallest absolute Gasteiger partial charge is 0.229 e. The zero-order valence-electron chi connectivity index (χ0n) is 18.9. The van der Waals surface area contributed by atoms with E-state index in [0.717, 1.165) is 48.8 Å². The Morgan fingerprint density at radius 2 is 1.94 bits per heavy atom. The standard InChI is InChI=1S/C26H25ClN6O/c1-34-22-14-18(8-11-21(22)33-15-23(27)28-16-33)29-26-30-24-19(17-6-3-2-4-7-17)9-10-20(24)25(31-26)32-12-5-13-32/h2-4,6-8,11,14-16,19H,5,9-10,12-13H2,1H3,(H,29,30,31)/t19-/m1/s1. The minimum absolute atomic E-state index is 0.294. The SMILES string of the molecule is COc1cc(Nc2nc3c(c(N4CCC4)n2)CC[C@@H]3c2ccccc2)ccc1-n1cnc(Cl)c1. The Hall–Kier alpha value is -3.58. The van der Waals surface area contributed by atoms with Crippen LogP contribution in [-0.4, -0.2) is 39.7 Å². The molecule has 1 saturated heterocycles. The highest BCUT2D eigenvalue weighted by molar-refractivity contribution is 6.29. The summed E-state index contributed by atoms with van der Waals surface area (Å²) in [6.45, 7) is 2.10. The van der Waals surface area contributed by atoms with Crippen LogP contribution in [0.4, 0.5) is 17.5 Å². The highest BCUT2D eigenvalue weighted by Gasteiger charge is 2.32. The van der Waals surface area contributed by atoms with Crippen molar-refractivity contribution in [3.63, 3.8) is 0 Å². The maximum absolute atomic E-state index is 6.00. The average molecular weight is 473 g/mol. The number of benzene rings is 2. The molecule has 0 spiro atoms. The lowest BCUT2D eigenvalue weighted by Gasteiger charge is -2.33. The number of rotatable bonds is 6. The molecule has 3 heterocycles. The molecule has 34 heavy (non-hydrogen) atoms. The van der Waals surface area contributed by atoms with E-state index in [1.807, 2.05) is 22.8 Å². The molecule has 6 rings (SSSR count). The number of hydrogen-bond acceptors (Lipinski definition) is 6. The molecule has 0 bridgehead atoms. The molecule has 1 N–H and O–H groups in total. The van der Waals surface area contributed by atoms with Crippen LogP contribution in [0.25, 0.3) is 5.69 Å². The number of anilines is 3. The second-order valence-corrected chi connectivity index (χ2v) is 9.08. The highest BCUT2D eigenvalue weighted by atomic mass is 35.5. The van der Waals surface area contributed by atoms with Gasteiger partial charge >= 0.3 is 0 Å². The molecule has 4 aromatic rings. The van der Waals surface area contributed by atoms with Crippen molar-refractivity contribution in [1.82, 2.24) is 19.5 Å². The van der Waals surface area contributed by atoms with Gasteiger partial charge in [-0.1, -0.05) is 41.9 Å². The predicted octanol–water partition coefficient (Wildman–Crippen LogP) is 5.36. The van der Waals surface area contributed by atoms with Gasteiger partial charge in [-0.3, -0.25) is 0 Å². The van der Waals surface area contributed by atoms with Gasteiger partial charge in [0.05, 0.1) is 18.5 Å². The lowest BCUT2D eigenvalue weighted by Crippen LogP contribution is -2.38. The molecule has 2 aromatic heterocycles. The Morgan fingerprint density at radius 1 is 1.09 bits per heavy atom. The summed E-state index contributed by atoms with van der Waals surface area (Å²) in [4.78, 5) is 16.4. The molecule has 172 valence electrons. The first-order valence-corrected chi connectivity index (χ1v) is 11.9. The van der Waals surface area contributed by atoms with E-state index in [1.54, 1.807) is 19.6 Å². The Morgan fingerprint density at radius 3 is 2.65 bits per heavy atom. The van der Waals surface area contributed by atoms with Gasteiger partial charge in [-0.2, -0.15) is 4.98 Å². The summed E-state index contributed by atoms with van der Waals surface area (Å²) in [6, 6.07) is 16.6. The first kappa shape index (κ1) is 21.0. The summed E-state index contributed by atoms with van der Waals surface area (Å²) in [5, 5.41) is 3.86. The van der Waals surface area contributed by atoms with E-state index in [1.165, 1.54) is 17.5 Å². The third-order valence-corrected chi connectivity index (χ3v) is 6.85. The molecule has 8 heteroatoms. The van der Waals surface area contributed by atoms with Crippen molar-refractivity contribution in [1.29, 1.82) is 0 Å². The van der Waals surface area contributed by atoms with Crippen molar-refractivity contribution in [3.8, 4) is 11.4 Å². The summed E-state index contributed by atoms with van der Waals surface area (Å²) < 4.78 is 7.48. The average Bonchev–Trinajstić information content (AvgIpc) is 3.45. The van der Waals surface area contributed by atoms with Crippen molar-refractivity contribution in [2.75, 3.05) is 30.4 Å². The molecule has 1 atom stereocenters. The van der Waals surface area contributed by atoms with Crippen LogP contribution in [0.15, 0.2) is 61.1 Å². The minimum Gasteiger partial charge on any atom is -0.494 e. The number of imidazole rings is 1. The molecule has 0 saturated carbocycles. The summed E-state index contributed by atoms with van der Waals surface area (Å²) in [7, 11) is 1.65. The van der Waals surface area contributed by atoms with Gasteiger partial charge in [0.1, 0.15) is 23.0 Å². The Kier molecular flexibility index (Phi) is 5.34. The first-order valence-electron chi connectivity index (χ1n) is 11.6. The third kappa shape index (κ3) is 3.76. The molecule has 2 aromatic carbocycles. The maximum atomic E-state index is 6.00. The van der Waals surface area contributed by atoms with Crippen molar-refractivity contribution in [2.45, 2.75) is 25.2 Å². The molecule has 2 aliphatic rings. The Balaban J connectivity index is 1.36. The van der Waals surface area contributed by atoms with Crippen LogP contribution in [0, 0.1) is 0 Å². The fraction of sp³-hybridized carbons (Fsp3) is 0.269. The van der Waals surface area contributed by atoms with Gasteiger partial charge in [0.2, 0.25) is 5.95 Å². The summed E-state index contributed by atoms with van der Waals surface area (Å²) in [6.07, 6.45) is 6.70. The fourth-order valence-corrected chi connectivity index (χ4v) is 4.97. The molecule has 0 unspecified atom stereocenters. The van der Waals surface area contributed by atoms with E-state index in [0.29, 0.717) is 22.8 Å². The molecule has 7 nitrogen and oxygen atoms in total. The van der Waals surface area contributed by atoms with E-state index >= 15 is 0 Å². The van der Waals surface area contributed by atoms with Crippen LogP contribution >= 0.6 is 11.6 Å². The molecule has 1 aliphatic carbocycles. The third-order valence-electron chi connectivity index (χ3n) is 6.65. The van der Waals surface area contributed by atoms with Crippen LogP contribution in [0.5, 0.6) is 5.75 Å². The molecule has 1 aliphatic heterocycles. The minimum atomic E-state index is 0.294. The number of fused-ring (bicyclic) bond motifs is 1. The van der Waals surface area contributed by atoms with Gasteiger partial charge in [0.25, 0.3) is 0 Å². The summed E-state index contributed by atoms with van der Waals surface area (Å²) in [5.41, 5.74) is 5.46. The highest BCUT2D eigenvalue weighted by Crippen LogP contribution is 2.42. The predicted molar refractivity (Wildman–Crippen MR) is 134 cm³/mol. The second-order valence-electron chi connectivity index (χ2n) is 8.69. The monoisotopic (exact) mass is 472 g/mol. The zero-order valence-corrected chi connectivity index (χ0v) is 19.7. The van der Waals surface area contributed by atoms with Crippen LogP contribution < -0.4 is 15.0 Å². The van der Waals surface area contributed by atoms with Gasteiger partial charge < -0.3 is 19.5 Å². The van der Waals surface area contributed by atoms with E-state index in [2.05, 4.69) is 45.5 Å². The van der Waals surface area contributed by atoms with Crippen molar-refractivity contribution in [2.24, 2.45) is 0 Å². The number of ether oxygens (including phenoxy) is 1. The van der Waals surface area contributed by atoms with Gasteiger partial charge in [0.15, 0.2) is 0 Å². The van der Waals surface area contributed by atoms with Crippen molar-refractivity contribution in [3.05, 3.63) is 83.0 Å². The van der Waals surface area contributed by atoms with Crippen LogP contribution in [0.1, 0.15) is 35.6 Å². The number of aromatic nitrogens is 4. The fourth-order valence-electron chi connectivity index (χ4n) is 4.83. The van der Waals surface area contributed by atoms with E-state index in [-0.39, 0.29) is 0 Å². The Labute approximate surface area is 203 Å². The van der Waals surface area contributed by atoms with Gasteiger partial charge in [-0.15, -0.1) is 0 Å². The van der Waals surface area contributed by atoms with E-state index in [9.17, 15) is 0 Å². The number of nitrogens with zero attached hydrogens (tertiary/aromatic N) is 5. The summed E-state index contributed by atoms with van der Waals surface area (Å²) in [5.74, 6) is 2.69. The lowest BCUT2D eigenvalue weighted by molar-refractivity contribution is 0.413. The van der Waals surface area contributed by atoms with E-state index < -0.39 is 0 Å². The lowest BCUT2D eigenvalue weighted by atomic mass is 9.97. The molecule has 0 amide bonds. The first-order chi connectivity index (χ1) is 16.7. The number of methoxy groups -OCH3 is 1. The molecule has 1 fully saturated rings. The largest absolute Gasteiger partial charge is 0.494 e. The summed E-state index contributed by atoms with van der Waals surface area (Å²) >= 11 is 6.00. The van der Waals surface area contributed by atoms with Crippen molar-refractivity contribution >= 4 is 29.1 Å². The topological polar surface area (TPSA) is 68.1 Å². The molecular formula is C26H25ClN6O. The molecule has 0 radical (unpaired) electrons. The number of halogens is 1. The van der Waals surface area contributed by atoms with Gasteiger partial charge in [0, 0.05) is 42.5 Å². The van der Waals surface area contributed by atoms with E-state index in [4.69, 9.17) is 26.3 Å². The normalized spacial score (nSPS) is 16.8. The number of nitrogens with one attached hydrogen (secondary N) is 1. The van der Waals surface area contributed by atoms with Gasteiger partial charge in [-0.25, -0.2) is 9.97 Å². The maximum Gasteiger partial charge on any atom is 0.229 e. The quantitative estimate of drug-likeness (QED) is 0.407. The van der Waals surface area contributed by atoms with Crippen LogP contribution in [0.3, 0.4) is 0 Å². The Bertz CT molecular complexity index is 1330. The van der Waals surface area contributed by atoms with Crippen LogP contribution in [-0.2, 0) is 6.42 Å². The van der Waals surface area contributed by atoms with Crippen LogP contribution in [0.2, 0.25) is 5.15 Å². The molecular weight excluding hydrogens is 448 g/mol. The number of hydrogen-bond donors (Lipinski definition) is 1. The zero-order chi connectivity index (χ0) is 23.1.